The highest BCUT2D eigenvalue weighted by molar-refractivity contribution is 7.12. The molecule has 0 radical (unpaired) electrons. The number of thiophene rings is 1. The summed E-state index contributed by atoms with van der Waals surface area (Å²) in [6.07, 6.45) is 9.19. The van der Waals surface area contributed by atoms with E-state index < -0.39 is 0 Å². The largest absolute Gasteiger partial charge is 0.305 e. The van der Waals surface area contributed by atoms with Gasteiger partial charge in [-0.2, -0.15) is 0 Å². The molecule has 0 spiro atoms. The topological polar surface area (TPSA) is 12.0 Å². The molecule has 0 saturated heterocycles. The van der Waals surface area contributed by atoms with Gasteiger partial charge in [0.15, 0.2) is 0 Å². The first-order valence-corrected chi connectivity index (χ1v) is 9.13. The molecule has 1 nitrogen and oxygen atoms in total. The van der Waals surface area contributed by atoms with Crippen LogP contribution in [0.4, 0.5) is 0 Å². The highest BCUT2D eigenvalue weighted by Crippen LogP contribution is 2.32. The van der Waals surface area contributed by atoms with Crippen molar-refractivity contribution in [3.05, 3.63) is 56.8 Å². The third kappa shape index (κ3) is 2.79. The fraction of sp³-hybridized carbons (Fsp3) is 0.474. The molecule has 2 aromatic rings. The van der Waals surface area contributed by atoms with Gasteiger partial charge in [0.1, 0.15) is 0 Å². The van der Waals surface area contributed by atoms with Crippen LogP contribution < -0.4 is 5.32 Å². The van der Waals surface area contributed by atoms with Crippen LogP contribution in [0.15, 0.2) is 30.3 Å². The van der Waals surface area contributed by atoms with E-state index in [1.54, 1.807) is 21.6 Å². The minimum Gasteiger partial charge on any atom is -0.305 e. The molecule has 1 atom stereocenters. The van der Waals surface area contributed by atoms with Crippen LogP contribution in [-0.2, 0) is 25.8 Å². The maximum atomic E-state index is 3.83. The van der Waals surface area contributed by atoms with Gasteiger partial charge in [0.05, 0.1) is 0 Å². The van der Waals surface area contributed by atoms with Crippen LogP contribution >= 0.6 is 11.3 Å². The molecular formula is C19H23NS. The molecule has 0 aliphatic heterocycles. The fourth-order valence-electron chi connectivity index (χ4n) is 3.83. The fourth-order valence-corrected chi connectivity index (χ4v) is 5.05. The van der Waals surface area contributed by atoms with Crippen molar-refractivity contribution in [2.24, 2.45) is 0 Å². The summed E-state index contributed by atoms with van der Waals surface area (Å²) in [5.74, 6) is 0. The van der Waals surface area contributed by atoms with E-state index in [0.717, 1.165) is 6.54 Å². The number of nitrogens with one attached hydrogen (secondary N) is 1. The Morgan fingerprint density at radius 2 is 1.90 bits per heavy atom. The van der Waals surface area contributed by atoms with Crippen molar-refractivity contribution >= 4 is 11.3 Å². The Balaban J connectivity index is 1.48. The minimum absolute atomic E-state index is 0.542. The van der Waals surface area contributed by atoms with E-state index in [9.17, 15) is 0 Å². The van der Waals surface area contributed by atoms with Gasteiger partial charge in [-0.3, -0.25) is 0 Å². The Morgan fingerprint density at radius 3 is 2.86 bits per heavy atom. The first kappa shape index (κ1) is 13.5. The van der Waals surface area contributed by atoms with Crippen molar-refractivity contribution in [3.63, 3.8) is 0 Å². The van der Waals surface area contributed by atoms with Crippen molar-refractivity contribution < 1.29 is 0 Å². The summed E-state index contributed by atoms with van der Waals surface area (Å²) >= 11 is 2.03. The molecule has 0 amide bonds. The van der Waals surface area contributed by atoms with Crippen LogP contribution in [0.25, 0.3) is 0 Å². The molecule has 2 heteroatoms. The van der Waals surface area contributed by atoms with E-state index in [1.807, 2.05) is 11.3 Å². The number of benzene rings is 1. The highest BCUT2D eigenvalue weighted by atomic mass is 32.1. The number of aryl methyl sites for hydroxylation is 3. The lowest BCUT2D eigenvalue weighted by atomic mass is 9.99. The zero-order chi connectivity index (χ0) is 14.1. The van der Waals surface area contributed by atoms with Gasteiger partial charge in [-0.25, -0.2) is 0 Å². The SMILES string of the molecule is c1ccc2c(c1)CCCCC2NCc1cc2c(s1)CCC2. The Hall–Kier alpha value is -1.12. The standard InChI is InChI=1S/C19H23NS/c1-3-9-17-14(6-1)7-2-4-10-18(17)20-13-16-12-15-8-5-11-19(15)21-16/h1,3,6,9,12,18,20H,2,4-5,7-8,10-11,13H2. The van der Waals surface area contributed by atoms with Gasteiger partial charge >= 0.3 is 0 Å². The van der Waals surface area contributed by atoms with Gasteiger partial charge < -0.3 is 5.32 Å². The first-order valence-electron chi connectivity index (χ1n) is 8.32. The summed E-state index contributed by atoms with van der Waals surface area (Å²) in [5.41, 5.74) is 4.72. The molecule has 4 rings (SSSR count). The van der Waals surface area contributed by atoms with E-state index in [0.29, 0.717) is 6.04 Å². The number of hydrogen-bond acceptors (Lipinski definition) is 2. The minimum atomic E-state index is 0.542. The lowest BCUT2D eigenvalue weighted by Gasteiger charge is -2.19. The normalized spacial score (nSPS) is 20.9. The average Bonchev–Trinajstić information content (AvgIpc) is 3.02. The predicted octanol–water partition coefficient (Wildman–Crippen LogP) is 4.79. The summed E-state index contributed by atoms with van der Waals surface area (Å²) in [4.78, 5) is 3.18. The van der Waals surface area contributed by atoms with E-state index in [4.69, 9.17) is 0 Å². The van der Waals surface area contributed by atoms with Gasteiger partial charge in [-0.15, -0.1) is 11.3 Å². The van der Waals surface area contributed by atoms with Gasteiger partial charge in [-0.05, 0) is 61.3 Å². The molecule has 2 aliphatic rings. The maximum Gasteiger partial charge on any atom is 0.0326 e. The second kappa shape index (κ2) is 5.94. The van der Waals surface area contributed by atoms with Crippen LogP contribution in [0.5, 0.6) is 0 Å². The summed E-state index contributed by atoms with van der Waals surface area (Å²) in [5, 5.41) is 3.83. The molecular weight excluding hydrogens is 274 g/mol. The smallest absolute Gasteiger partial charge is 0.0326 e. The van der Waals surface area contributed by atoms with Crippen LogP contribution in [0.2, 0.25) is 0 Å². The quantitative estimate of drug-likeness (QED) is 0.803. The Labute approximate surface area is 131 Å². The average molecular weight is 297 g/mol. The number of hydrogen-bond donors (Lipinski definition) is 1. The summed E-state index contributed by atoms with van der Waals surface area (Å²) < 4.78 is 0. The van der Waals surface area contributed by atoms with Crippen molar-refractivity contribution in [3.8, 4) is 0 Å². The van der Waals surface area contributed by atoms with Gasteiger partial charge in [0.25, 0.3) is 0 Å². The molecule has 0 saturated carbocycles. The third-order valence-corrected chi connectivity index (χ3v) is 6.18. The molecule has 1 N–H and O–H groups in total. The molecule has 1 heterocycles. The maximum absolute atomic E-state index is 3.83. The van der Waals surface area contributed by atoms with Crippen molar-refractivity contribution in [2.45, 2.75) is 57.5 Å². The second-order valence-electron chi connectivity index (χ2n) is 6.39. The van der Waals surface area contributed by atoms with E-state index in [2.05, 4.69) is 35.6 Å². The van der Waals surface area contributed by atoms with Crippen LogP contribution in [0.3, 0.4) is 0 Å². The number of fused-ring (bicyclic) bond motifs is 2. The predicted molar refractivity (Wildman–Crippen MR) is 89.9 cm³/mol. The van der Waals surface area contributed by atoms with Crippen LogP contribution in [-0.4, -0.2) is 0 Å². The molecule has 0 bridgehead atoms. The highest BCUT2D eigenvalue weighted by Gasteiger charge is 2.19. The Morgan fingerprint density at radius 1 is 1.00 bits per heavy atom. The lowest BCUT2D eigenvalue weighted by molar-refractivity contribution is 0.491. The summed E-state index contributed by atoms with van der Waals surface area (Å²) in [6, 6.07) is 12.0. The zero-order valence-electron chi connectivity index (χ0n) is 12.5. The molecule has 1 aromatic carbocycles. The van der Waals surface area contributed by atoms with Crippen LogP contribution in [0.1, 0.15) is 58.2 Å². The Kier molecular flexibility index (Phi) is 3.83. The summed E-state index contributed by atoms with van der Waals surface area (Å²) in [6.45, 7) is 1.04. The van der Waals surface area contributed by atoms with Gasteiger partial charge in [-0.1, -0.05) is 30.7 Å². The van der Waals surface area contributed by atoms with Crippen molar-refractivity contribution in [2.75, 3.05) is 0 Å². The van der Waals surface area contributed by atoms with Crippen molar-refractivity contribution in [1.82, 2.24) is 5.32 Å². The van der Waals surface area contributed by atoms with Crippen molar-refractivity contribution in [1.29, 1.82) is 0 Å². The number of rotatable bonds is 3. The van der Waals surface area contributed by atoms with E-state index in [1.165, 1.54) is 49.8 Å². The zero-order valence-corrected chi connectivity index (χ0v) is 13.3. The summed E-state index contributed by atoms with van der Waals surface area (Å²) in [7, 11) is 0. The monoisotopic (exact) mass is 297 g/mol. The molecule has 1 aromatic heterocycles. The molecule has 1 unspecified atom stereocenters. The third-order valence-electron chi connectivity index (χ3n) is 4.94. The molecule has 0 fully saturated rings. The molecule has 2 aliphatic carbocycles. The van der Waals surface area contributed by atoms with E-state index in [-0.39, 0.29) is 0 Å². The second-order valence-corrected chi connectivity index (χ2v) is 7.61. The Bertz CT molecular complexity index is 607. The lowest BCUT2D eigenvalue weighted by Crippen LogP contribution is -2.20. The van der Waals surface area contributed by atoms with Gasteiger partial charge in [0.2, 0.25) is 0 Å². The van der Waals surface area contributed by atoms with Crippen LogP contribution in [0, 0.1) is 0 Å². The first-order chi connectivity index (χ1) is 10.4. The molecule has 21 heavy (non-hydrogen) atoms. The van der Waals surface area contributed by atoms with E-state index >= 15 is 0 Å². The molecule has 110 valence electrons. The van der Waals surface area contributed by atoms with Gasteiger partial charge in [0, 0.05) is 22.3 Å².